The summed E-state index contributed by atoms with van der Waals surface area (Å²) < 4.78 is 2.05. The summed E-state index contributed by atoms with van der Waals surface area (Å²) >= 11 is 6.46. The Kier molecular flexibility index (Phi) is 5.15. The maximum Gasteiger partial charge on any atom is 0.183 e. The molecule has 2 N–H and O–H groups in total. The van der Waals surface area contributed by atoms with Crippen molar-refractivity contribution in [1.82, 2.24) is 24.9 Å². The Labute approximate surface area is 179 Å². The number of aliphatic hydroxyl groups excluding tert-OH is 1. The van der Waals surface area contributed by atoms with Gasteiger partial charge in [0.15, 0.2) is 11.5 Å². The van der Waals surface area contributed by atoms with Crippen LogP contribution in [0.5, 0.6) is 0 Å². The standard InChI is InChI=1S/C23H24ClN5O/c1-14-22-27-28-23(18-4-2-3-5-19(18)24)29(22)21-12-15(6-11-20(21)26-14)13-25-16-7-9-17(30)10-8-16/h2-6,11-12,16-17,25,30H,7-10,13H2,1H3. The molecule has 0 atom stereocenters. The molecule has 2 aromatic heterocycles. The van der Waals surface area contributed by atoms with Crippen LogP contribution >= 0.6 is 11.6 Å². The summed E-state index contributed by atoms with van der Waals surface area (Å²) in [4.78, 5) is 4.73. The van der Waals surface area contributed by atoms with Crippen molar-refractivity contribution in [2.75, 3.05) is 0 Å². The fourth-order valence-corrected chi connectivity index (χ4v) is 4.51. The van der Waals surface area contributed by atoms with Crippen molar-refractivity contribution in [3.63, 3.8) is 0 Å². The first-order chi connectivity index (χ1) is 14.6. The summed E-state index contributed by atoms with van der Waals surface area (Å²) in [5, 5.41) is 22.8. The van der Waals surface area contributed by atoms with E-state index in [-0.39, 0.29) is 6.10 Å². The maximum absolute atomic E-state index is 9.71. The highest BCUT2D eigenvalue weighted by Gasteiger charge is 2.19. The Morgan fingerprint density at radius 3 is 2.70 bits per heavy atom. The van der Waals surface area contributed by atoms with Gasteiger partial charge in [-0.3, -0.25) is 4.40 Å². The number of halogens is 1. The summed E-state index contributed by atoms with van der Waals surface area (Å²) in [5.41, 5.74) is 5.47. The van der Waals surface area contributed by atoms with Crippen LogP contribution in [0, 0.1) is 6.92 Å². The molecule has 4 aromatic rings. The molecule has 0 spiro atoms. The molecule has 0 saturated heterocycles. The molecule has 7 heteroatoms. The number of hydrogen-bond acceptors (Lipinski definition) is 5. The van der Waals surface area contributed by atoms with Gasteiger partial charge in [0.05, 0.1) is 27.9 Å². The topological polar surface area (TPSA) is 75.3 Å². The van der Waals surface area contributed by atoms with Crippen LogP contribution in [0.3, 0.4) is 0 Å². The minimum atomic E-state index is -0.136. The highest BCUT2D eigenvalue weighted by atomic mass is 35.5. The molecule has 1 aliphatic carbocycles. The average Bonchev–Trinajstić information content (AvgIpc) is 3.20. The third kappa shape index (κ3) is 3.55. The minimum absolute atomic E-state index is 0.136. The lowest BCUT2D eigenvalue weighted by Gasteiger charge is -2.26. The van der Waals surface area contributed by atoms with Crippen LogP contribution in [-0.4, -0.2) is 36.8 Å². The first-order valence-electron chi connectivity index (χ1n) is 10.4. The fourth-order valence-electron chi connectivity index (χ4n) is 4.29. The fraction of sp³-hybridized carbons (Fsp3) is 0.348. The number of aromatic nitrogens is 4. The van der Waals surface area contributed by atoms with Gasteiger partial charge in [0.2, 0.25) is 0 Å². The predicted molar refractivity (Wildman–Crippen MR) is 119 cm³/mol. The molecule has 0 bridgehead atoms. The molecule has 1 saturated carbocycles. The molecule has 1 aliphatic rings. The Morgan fingerprint density at radius 1 is 1.10 bits per heavy atom. The second kappa shape index (κ2) is 7.95. The number of nitrogens with one attached hydrogen (secondary N) is 1. The Bertz CT molecular complexity index is 1210. The molecular formula is C23H24ClN5O. The summed E-state index contributed by atoms with van der Waals surface area (Å²) in [7, 11) is 0. The third-order valence-corrected chi connectivity index (χ3v) is 6.29. The summed E-state index contributed by atoms with van der Waals surface area (Å²) in [6.45, 7) is 2.72. The van der Waals surface area contributed by atoms with Gasteiger partial charge in [0.1, 0.15) is 0 Å². The summed E-state index contributed by atoms with van der Waals surface area (Å²) in [6.07, 6.45) is 3.65. The number of nitrogens with zero attached hydrogens (tertiary/aromatic N) is 4. The molecule has 30 heavy (non-hydrogen) atoms. The zero-order valence-corrected chi connectivity index (χ0v) is 17.6. The first-order valence-corrected chi connectivity index (χ1v) is 10.8. The lowest BCUT2D eigenvalue weighted by Crippen LogP contribution is -2.34. The van der Waals surface area contributed by atoms with Crippen LogP contribution in [0.2, 0.25) is 5.02 Å². The lowest BCUT2D eigenvalue weighted by molar-refractivity contribution is 0.116. The molecular weight excluding hydrogens is 398 g/mol. The number of fused-ring (bicyclic) bond motifs is 3. The first kappa shape index (κ1) is 19.4. The van der Waals surface area contributed by atoms with Gasteiger partial charge in [0, 0.05) is 18.2 Å². The smallest absolute Gasteiger partial charge is 0.183 e. The maximum atomic E-state index is 9.71. The molecule has 2 heterocycles. The summed E-state index contributed by atoms with van der Waals surface area (Å²) in [6, 6.07) is 14.5. The zero-order chi connectivity index (χ0) is 20.7. The molecule has 0 radical (unpaired) electrons. The van der Waals surface area contributed by atoms with Crippen molar-refractivity contribution in [1.29, 1.82) is 0 Å². The van der Waals surface area contributed by atoms with E-state index < -0.39 is 0 Å². The molecule has 5 rings (SSSR count). The highest BCUT2D eigenvalue weighted by molar-refractivity contribution is 6.33. The van der Waals surface area contributed by atoms with E-state index in [2.05, 4.69) is 38.1 Å². The van der Waals surface area contributed by atoms with Gasteiger partial charge < -0.3 is 10.4 Å². The van der Waals surface area contributed by atoms with E-state index >= 15 is 0 Å². The molecule has 6 nitrogen and oxygen atoms in total. The van der Waals surface area contributed by atoms with E-state index in [0.29, 0.717) is 11.1 Å². The van der Waals surface area contributed by atoms with Crippen molar-refractivity contribution in [3.05, 3.63) is 58.7 Å². The number of aliphatic hydroxyl groups is 1. The molecule has 1 fully saturated rings. The van der Waals surface area contributed by atoms with Crippen LogP contribution in [0.1, 0.15) is 36.9 Å². The molecule has 0 unspecified atom stereocenters. The van der Waals surface area contributed by atoms with Crippen LogP contribution in [0.15, 0.2) is 42.5 Å². The van der Waals surface area contributed by atoms with Gasteiger partial charge in [-0.15, -0.1) is 10.2 Å². The van der Waals surface area contributed by atoms with Gasteiger partial charge >= 0.3 is 0 Å². The zero-order valence-electron chi connectivity index (χ0n) is 16.8. The number of aryl methyl sites for hydroxylation is 1. The monoisotopic (exact) mass is 421 g/mol. The SMILES string of the molecule is Cc1nc2ccc(CNC3CCC(O)CC3)cc2n2c(-c3ccccc3Cl)nnc12. The third-order valence-electron chi connectivity index (χ3n) is 5.96. The van der Waals surface area contributed by atoms with Crippen molar-refractivity contribution in [2.45, 2.75) is 51.3 Å². The van der Waals surface area contributed by atoms with E-state index in [1.54, 1.807) is 0 Å². The molecule has 0 amide bonds. The lowest BCUT2D eigenvalue weighted by atomic mass is 9.93. The van der Waals surface area contributed by atoms with Gasteiger partial charge in [0.25, 0.3) is 0 Å². The van der Waals surface area contributed by atoms with Gasteiger partial charge in [-0.05, 0) is 62.4 Å². The van der Waals surface area contributed by atoms with Crippen molar-refractivity contribution in [3.8, 4) is 11.4 Å². The van der Waals surface area contributed by atoms with E-state index in [9.17, 15) is 5.11 Å². The predicted octanol–water partition coefficient (Wildman–Crippen LogP) is 4.30. The van der Waals surface area contributed by atoms with E-state index in [1.807, 2.05) is 31.2 Å². The van der Waals surface area contributed by atoms with Crippen LogP contribution in [-0.2, 0) is 6.54 Å². The Hall–Kier alpha value is -2.54. The van der Waals surface area contributed by atoms with E-state index in [4.69, 9.17) is 16.6 Å². The van der Waals surface area contributed by atoms with Crippen LogP contribution < -0.4 is 5.32 Å². The van der Waals surface area contributed by atoms with Gasteiger partial charge in [-0.1, -0.05) is 29.8 Å². The number of benzene rings is 2. The minimum Gasteiger partial charge on any atom is -0.393 e. The van der Waals surface area contributed by atoms with Crippen LogP contribution in [0.25, 0.3) is 28.1 Å². The van der Waals surface area contributed by atoms with Gasteiger partial charge in [-0.25, -0.2) is 4.98 Å². The molecule has 0 aliphatic heterocycles. The van der Waals surface area contributed by atoms with Crippen molar-refractivity contribution >= 4 is 28.3 Å². The second-order valence-electron chi connectivity index (χ2n) is 8.07. The number of rotatable bonds is 4. The quantitative estimate of drug-likeness (QED) is 0.513. The Balaban J connectivity index is 1.55. The Morgan fingerprint density at radius 2 is 1.90 bits per heavy atom. The van der Waals surface area contributed by atoms with E-state index in [1.165, 1.54) is 5.56 Å². The molecule has 154 valence electrons. The largest absolute Gasteiger partial charge is 0.393 e. The van der Waals surface area contributed by atoms with Gasteiger partial charge in [-0.2, -0.15) is 0 Å². The van der Waals surface area contributed by atoms with Crippen molar-refractivity contribution < 1.29 is 5.11 Å². The molecule has 2 aromatic carbocycles. The number of hydrogen-bond donors (Lipinski definition) is 2. The summed E-state index contributed by atoms with van der Waals surface area (Å²) in [5.74, 6) is 0.720. The second-order valence-corrected chi connectivity index (χ2v) is 8.48. The van der Waals surface area contributed by atoms with E-state index in [0.717, 1.165) is 66.0 Å². The average molecular weight is 422 g/mol. The normalized spacial score (nSPS) is 19.6. The van der Waals surface area contributed by atoms with Crippen molar-refractivity contribution in [2.24, 2.45) is 0 Å². The van der Waals surface area contributed by atoms with Crippen LogP contribution in [0.4, 0.5) is 0 Å². The highest BCUT2D eigenvalue weighted by Crippen LogP contribution is 2.29.